The summed E-state index contributed by atoms with van der Waals surface area (Å²) in [6.07, 6.45) is 0. The fourth-order valence-electron chi connectivity index (χ4n) is 1.41. The second-order valence-corrected chi connectivity index (χ2v) is 3.12. The van der Waals surface area contributed by atoms with E-state index in [4.69, 9.17) is 9.30 Å². The van der Waals surface area contributed by atoms with E-state index in [0.29, 0.717) is 0 Å². The third-order valence-corrected chi connectivity index (χ3v) is 2.81. The fraction of sp³-hybridized carbons (Fsp3) is 0.417. The van der Waals surface area contributed by atoms with Gasteiger partial charge in [0, 0.05) is 74.4 Å². The van der Waals surface area contributed by atoms with Crippen LogP contribution in [-0.2, 0) is 26.4 Å². The van der Waals surface area contributed by atoms with Gasteiger partial charge in [0.05, 0.1) is 0 Å². The van der Waals surface area contributed by atoms with Crippen LogP contribution in [0, 0.1) is 19.2 Å². The first kappa shape index (κ1) is 25.8. The van der Waals surface area contributed by atoms with Crippen molar-refractivity contribution in [2.45, 2.75) is 34.6 Å². The molecule has 0 saturated heterocycles. The number of rotatable bonds is 0. The van der Waals surface area contributed by atoms with E-state index in [1.54, 1.807) is 0 Å². The first-order valence-electron chi connectivity index (χ1n) is 4.16. The normalized spacial score (nSPS) is 13.6. The third kappa shape index (κ3) is 6.76. The summed E-state index contributed by atoms with van der Waals surface area (Å²) in [7, 11) is 0. The van der Waals surface area contributed by atoms with E-state index in [1.807, 2.05) is 0 Å². The van der Waals surface area contributed by atoms with Crippen LogP contribution < -0.4 is 0 Å². The van der Waals surface area contributed by atoms with Gasteiger partial charge >= 0.3 is 22.6 Å². The molecule has 2 nitrogen and oxygen atoms in total. The number of hydrogen-bond donors (Lipinski definition) is 0. The number of hydrogen-bond acceptors (Lipinski definition) is 0. The minimum absolute atomic E-state index is 0. The molecule has 0 aliphatic heterocycles. The molecule has 0 aromatic rings. The summed E-state index contributed by atoms with van der Waals surface area (Å²) in [5.41, 5.74) is 5.87. The van der Waals surface area contributed by atoms with E-state index in [1.165, 1.54) is 28.2 Å². The molecule has 0 aromatic carbocycles. The van der Waals surface area contributed by atoms with Crippen LogP contribution >= 0.6 is 0 Å². The van der Waals surface area contributed by atoms with Gasteiger partial charge in [-0.15, -0.1) is 0 Å². The Hall–Kier alpha value is 1.12. The van der Waals surface area contributed by atoms with Crippen LogP contribution in [0.15, 0.2) is 22.3 Å². The van der Waals surface area contributed by atoms with Gasteiger partial charge in [-0.25, -0.2) is 0 Å². The summed E-state index contributed by atoms with van der Waals surface area (Å²) in [5.74, 6) is 1.47. The van der Waals surface area contributed by atoms with E-state index in [0.717, 1.165) is 0 Å². The number of allylic oxidation sites excluding steroid dienone is 4. The molecule has 0 aromatic heterocycles. The van der Waals surface area contributed by atoms with Crippen LogP contribution in [0.5, 0.6) is 0 Å². The molecular weight excluding hydrogens is 271 g/mol. The Balaban J connectivity index is -0.000000109. The molecule has 0 fully saturated rings. The minimum Gasteiger partial charge on any atom is 0 e. The van der Waals surface area contributed by atoms with Gasteiger partial charge in [-0.1, -0.05) is 18.1 Å². The largest absolute Gasteiger partial charge is 0 e. The molecular formula is C12H15FeKO2. The van der Waals surface area contributed by atoms with Gasteiger partial charge in [-0.05, 0) is 38.8 Å². The van der Waals surface area contributed by atoms with Crippen molar-refractivity contribution >= 4 is 51.4 Å². The smallest absolute Gasteiger partial charge is 0 e. The van der Waals surface area contributed by atoms with Crippen molar-refractivity contribution in [2.75, 3.05) is 0 Å². The van der Waals surface area contributed by atoms with Crippen LogP contribution in [0.1, 0.15) is 34.6 Å². The molecule has 1 aliphatic carbocycles. The van der Waals surface area contributed by atoms with Gasteiger partial charge in [0.2, 0.25) is 0 Å². The second-order valence-electron chi connectivity index (χ2n) is 3.12. The molecule has 0 heterocycles. The van der Waals surface area contributed by atoms with Gasteiger partial charge in [-0.3, -0.25) is 0 Å². The Bertz CT molecular complexity index is 271. The van der Waals surface area contributed by atoms with Crippen molar-refractivity contribution in [1.29, 1.82) is 0 Å². The maximum atomic E-state index is 7.50. The summed E-state index contributed by atoms with van der Waals surface area (Å²) in [6.45, 7) is 20.0. The molecule has 0 atom stereocenters. The van der Waals surface area contributed by atoms with E-state index in [-0.39, 0.29) is 68.5 Å². The van der Waals surface area contributed by atoms with Crippen molar-refractivity contribution < 1.29 is 26.4 Å². The van der Waals surface area contributed by atoms with Crippen LogP contribution in [0.25, 0.3) is 0 Å². The SMILES string of the molecule is C[C]1C(C)=C(C)C(C)=C1C.[C-]#[O+].[C-]#[O+].[Fe].[K]. The predicted molar refractivity (Wildman–Crippen MR) is 59.3 cm³/mol. The first-order chi connectivity index (χ1) is 6.55. The molecule has 84 valence electrons. The predicted octanol–water partition coefficient (Wildman–Crippen LogP) is 2.81. The zero-order valence-corrected chi connectivity index (χ0v) is 14.9. The van der Waals surface area contributed by atoms with Crippen molar-refractivity contribution in [3.05, 3.63) is 41.5 Å². The summed E-state index contributed by atoms with van der Waals surface area (Å²) >= 11 is 0. The molecule has 0 amide bonds. The molecule has 2 radical (unpaired) electrons. The molecule has 0 saturated carbocycles. The van der Waals surface area contributed by atoms with Crippen LogP contribution in [0.4, 0.5) is 0 Å². The summed E-state index contributed by atoms with van der Waals surface area (Å²) in [5, 5.41) is 0. The molecule has 0 N–H and O–H groups in total. The Kier molecular flexibility index (Phi) is 22.9. The molecule has 0 spiro atoms. The van der Waals surface area contributed by atoms with Crippen LogP contribution in [-0.4, -0.2) is 51.4 Å². The van der Waals surface area contributed by atoms with E-state index in [9.17, 15) is 0 Å². The van der Waals surface area contributed by atoms with Crippen LogP contribution in [0.2, 0.25) is 0 Å². The van der Waals surface area contributed by atoms with Gasteiger partial charge in [0.15, 0.2) is 0 Å². The quantitative estimate of drug-likeness (QED) is 0.373. The van der Waals surface area contributed by atoms with Gasteiger partial charge in [0.1, 0.15) is 0 Å². The summed E-state index contributed by atoms with van der Waals surface area (Å²) in [4.78, 5) is 0. The molecule has 4 heteroatoms. The Morgan fingerprint density at radius 3 is 0.875 bits per heavy atom. The zero-order valence-electron chi connectivity index (χ0n) is 10.7. The zero-order chi connectivity index (χ0) is 11.9. The third-order valence-electron chi connectivity index (χ3n) is 2.81. The standard InChI is InChI=1S/C10H15.2CO.Fe.K/c1-6-7(2)9(4)10(5)8(6)3;2*1-2;;/h1-5H3;;;;. The maximum Gasteiger partial charge on any atom is 0 e. The Morgan fingerprint density at radius 1 is 0.625 bits per heavy atom. The van der Waals surface area contributed by atoms with Gasteiger partial charge < -0.3 is 0 Å². The van der Waals surface area contributed by atoms with Crippen LogP contribution in [0.3, 0.4) is 0 Å². The molecule has 0 bridgehead atoms. The molecule has 16 heavy (non-hydrogen) atoms. The Labute approximate surface area is 152 Å². The van der Waals surface area contributed by atoms with Gasteiger partial charge in [0.25, 0.3) is 0 Å². The monoisotopic (exact) mass is 286 g/mol. The maximum absolute atomic E-state index is 7.50. The molecule has 1 rings (SSSR count). The summed E-state index contributed by atoms with van der Waals surface area (Å²) < 4.78 is 15.0. The van der Waals surface area contributed by atoms with Crippen molar-refractivity contribution in [2.24, 2.45) is 0 Å². The van der Waals surface area contributed by atoms with Crippen molar-refractivity contribution in [3.8, 4) is 0 Å². The minimum atomic E-state index is 0. The Morgan fingerprint density at radius 2 is 0.812 bits per heavy atom. The summed E-state index contributed by atoms with van der Waals surface area (Å²) in [6, 6.07) is 0. The second kappa shape index (κ2) is 14.2. The van der Waals surface area contributed by atoms with Crippen molar-refractivity contribution in [1.82, 2.24) is 0 Å². The van der Waals surface area contributed by atoms with E-state index < -0.39 is 0 Å². The van der Waals surface area contributed by atoms with Gasteiger partial charge in [-0.2, -0.15) is 0 Å². The van der Waals surface area contributed by atoms with E-state index in [2.05, 4.69) is 47.9 Å². The topological polar surface area (TPSA) is 39.8 Å². The average molecular weight is 286 g/mol. The van der Waals surface area contributed by atoms with Crippen molar-refractivity contribution in [3.63, 3.8) is 0 Å². The fourth-order valence-corrected chi connectivity index (χ4v) is 1.41. The first-order valence-corrected chi connectivity index (χ1v) is 4.16. The molecule has 0 unspecified atom stereocenters. The van der Waals surface area contributed by atoms with E-state index >= 15 is 0 Å². The molecule has 1 aliphatic rings. The average Bonchev–Trinajstić information content (AvgIpc) is 2.42.